The third kappa shape index (κ3) is 4.90. The second kappa shape index (κ2) is 8.27. The lowest BCUT2D eigenvalue weighted by molar-refractivity contribution is -0.121. The predicted molar refractivity (Wildman–Crippen MR) is 96.0 cm³/mol. The summed E-state index contributed by atoms with van der Waals surface area (Å²) in [5.74, 6) is 0.841. The number of aryl methyl sites for hydroxylation is 2. The van der Waals surface area contributed by atoms with Crippen molar-refractivity contribution in [3.05, 3.63) is 53.6 Å². The summed E-state index contributed by atoms with van der Waals surface area (Å²) in [6.07, 6.45) is 5.05. The first-order chi connectivity index (χ1) is 12.1. The predicted octanol–water partition coefficient (Wildman–Crippen LogP) is 0.888. The number of hydrogen-bond donors (Lipinski definition) is 2. The highest BCUT2D eigenvalue weighted by Gasteiger charge is 2.18. The van der Waals surface area contributed by atoms with Crippen LogP contribution < -0.4 is 5.32 Å². The van der Waals surface area contributed by atoms with E-state index >= 15 is 0 Å². The van der Waals surface area contributed by atoms with Gasteiger partial charge in [-0.1, -0.05) is 24.3 Å². The standard InChI is InChI=1S/C19H26N4O2/c1-22-11-9-20-18(22)6-7-19(25)21-12-17(24)14-23-10-8-15-4-2-3-5-16(15)13-23/h2-5,9,11,17,24H,6-8,10,12-14H2,1H3,(H,21,25). The van der Waals surface area contributed by atoms with E-state index in [9.17, 15) is 9.90 Å². The van der Waals surface area contributed by atoms with E-state index in [2.05, 4.69) is 39.5 Å². The number of aliphatic hydroxyl groups excluding tert-OH is 1. The summed E-state index contributed by atoms with van der Waals surface area (Å²) >= 11 is 0. The van der Waals surface area contributed by atoms with Crippen LogP contribution in [0.15, 0.2) is 36.7 Å². The average Bonchev–Trinajstić information content (AvgIpc) is 3.03. The summed E-state index contributed by atoms with van der Waals surface area (Å²) in [6, 6.07) is 8.45. The van der Waals surface area contributed by atoms with Gasteiger partial charge in [0.2, 0.25) is 5.91 Å². The summed E-state index contributed by atoms with van der Waals surface area (Å²) in [4.78, 5) is 18.4. The van der Waals surface area contributed by atoms with Crippen LogP contribution in [0, 0.1) is 0 Å². The van der Waals surface area contributed by atoms with Gasteiger partial charge in [-0.2, -0.15) is 0 Å². The minimum absolute atomic E-state index is 0.0500. The number of benzene rings is 1. The maximum absolute atomic E-state index is 11.9. The lowest BCUT2D eigenvalue weighted by Crippen LogP contribution is -2.42. The molecule has 6 nitrogen and oxygen atoms in total. The van der Waals surface area contributed by atoms with Crippen LogP contribution in [-0.4, -0.2) is 51.2 Å². The second-order valence-corrected chi connectivity index (χ2v) is 6.67. The molecule has 0 saturated carbocycles. The highest BCUT2D eigenvalue weighted by Crippen LogP contribution is 2.18. The molecule has 1 unspecified atom stereocenters. The van der Waals surface area contributed by atoms with Gasteiger partial charge >= 0.3 is 0 Å². The number of fused-ring (bicyclic) bond motifs is 1. The number of aromatic nitrogens is 2. The van der Waals surface area contributed by atoms with Crippen LogP contribution in [-0.2, 0) is 31.2 Å². The van der Waals surface area contributed by atoms with Gasteiger partial charge in [-0.25, -0.2) is 4.98 Å². The monoisotopic (exact) mass is 342 g/mol. The van der Waals surface area contributed by atoms with E-state index in [4.69, 9.17) is 0 Å². The van der Waals surface area contributed by atoms with Gasteiger partial charge in [0.1, 0.15) is 5.82 Å². The lowest BCUT2D eigenvalue weighted by Gasteiger charge is -2.30. The Balaban J connectivity index is 1.37. The normalized spacial score (nSPS) is 15.6. The highest BCUT2D eigenvalue weighted by molar-refractivity contribution is 5.76. The van der Waals surface area contributed by atoms with Gasteiger partial charge < -0.3 is 15.0 Å². The largest absolute Gasteiger partial charge is 0.390 e. The zero-order valence-corrected chi connectivity index (χ0v) is 14.7. The Morgan fingerprint density at radius 2 is 2.16 bits per heavy atom. The van der Waals surface area contributed by atoms with Crippen LogP contribution >= 0.6 is 0 Å². The first-order valence-electron chi connectivity index (χ1n) is 8.82. The molecule has 2 aromatic rings. The topological polar surface area (TPSA) is 70.4 Å². The number of aliphatic hydroxyl groups is 1. The van der Waals surface area contributed by atoms with Crippen molar-refractivity contribution in [2.45, 2.75) is 31.9 Å². The van der Waals surface area contributed by atoms with E-state index in [1.807, 2.05) is 17.8 Å². The Labute approximate surface area is 148 Å². The summed E-state index contributed by atoms with van der Waals surface area (Å²) in [6.45, 7) is 2.67. The number of rotatable bonds is 7. The van der Waals surface area contributed by atoms with Crippen molar-refractivity contribution < 1.29 is 9.90 Å². The van der Waals surface area contributed by atoms with E-state index in [1.54, 1.807) is 6.20 Å². The zero-order chi connectivity index (χ0) is 17.6. The van der Waals surface area contributed by atoms with Crippen LogP contribution in [0.4, 0.5) is 0 Å². The van der Waals surface area contributed by atoms with Crippen molar-refractivity contribution in [1.29, 1.82) is 0 Å². The summed E-state index contributed by atoms with van der Waals surface area (Å²) < 4.78 is 1.91. The average molecular weight is 342 g/mol. The molecule has 0 radical (unpaired) electrons. The van der Waals surface area contributed by atoms with Crippen LogP contribution in [0.25, 0.3) is 0 Å². The number of hydrogen-bond acceptors (Lipinski definition) is 4. The molecule has 1 aromatic carbocycles. The minimum Gasteiger partial charge on any atom is -0.390 e. The van der Waals surface area contributed by atoms with E-state index in [-0.39, 0.29) is 12.5 Å². The molecular weight excluding hydrogens is 316 g/mol. The molecule has 0 saturated heterocycles. The Kier molecular flexibility index (Phi) is 5.83. The number of β-amino-alcohol motifs (C(OH)–C–C–N with tert-alkyl or cyclic N) is 1. The van der Waals surface area contributed by atoms with Crippen LogP contribution in [0.3, 0.4) is 0 Å². The molecule has 1 amide bonds. The maximum Gasteiger partial charge on any atom is 0.220 e. The molecule has 6 heteroatoms. The van der Waals surface area contributed by atoms with E-state index in [0.29, 0.717) is 19.4 Å². The third-order valence-electron chi connectivity index (χ3n) is 4.71. The van der Waals surface area contributed by atoms with Gasteiger partial charge in [-0.15, -0.1) is 0 Å². The van der Waals surface area contributed by atoms with E-state index < -0.39 is 6.10 Å². The number of imidazole rings is 1. The van der Waals surface area contributed by atoms with Gasteiger partial charge in [0.05, 0.1) is 6.10 Å². The fraction of sp³-hybridized carbons (Fsp3) is 0.474. The summed E-state index contributed by atoms with van der Waals surface area (Å²) in [5, 5.41) is 13.0. The fourth-order valence-electron chi connectivity index (χ4n) is 3.26. The number of carbonyl (C=O) groups is 1. The van der Waals surface area contributed by atoms with Gasteiger partial charge in [-0.05, 0) is 17.5 Å². The Morgan fingerprint density at radius 3 is 2.92 bits per heavy atom. The van der Waals surface area contributed by atoms with Gasteiger partial charge in [0.15, 0.2) is 0 Å². The highest BCUT2D eigenvalue weighted by atomic mass is 16.3. The number of nitrogens with one attached hydrogen (secondary N) is 1. The Morgan fingerprint density at radius 1 is 1.36 bits per heavy atom. The molecule has 1 aromatic heterocycles. The van der Waals surface area contributed by atoms with Gasteiger partial charge in [-0.3, -0.25) is 9.69 Å². The molecule has 0 aliphatic carbocycles. The summed E-state index contributed by atoms with van der Waals surface area (Å²) in [5.41, 5.74) is 2.73. The molecule has 1 aliphatic rings. The first kappa shape index (κ1) is 17.6. The molecular formula is C19H26N4O2. The van der Waals surface area contributed by atoms with Crippen molar-refractivity contribution in [1.82, 2.24) is 19.8 Å². The fourth-order valence-corrected chi connectivity index (χ4v) is 3.26. The van der Waals surface area contributed by atoms with Crippen molar-refractivity contribution in [3.8, 4) is 0 Å². The molecule has 0 fully saturated rings. The lowest BCUT2D eigenvalue weighted by atomic mass is 10.00. The molecule has 25 heavy (non-hydrogen) atoms. The maximum atomic E-state index is 11.9. The van der Waals surface area contributed by atoms with Crippen molar-refractivity contribution in [2.75, 3.05) is 19.6 Å². The SMILES string of the molecule is Cn1ccnc1CCC(=O)NCC(O)CN1CCc2ccccc2C1. The minimum atomic E-state index is -0.553. The number of carbonyl (C=O) groups excluding carboxylic acids is 1. The quantitative estimate of drug-likeness (QED) is 0.784. The molecule has 1 atom stereocenters. The van der Waals surface area contributed by atoms with Crippen molar-refractivity contribution >= 4 is 5.91 Å². The third-order valence-corrected chi connectivity index (χ3v) is 4.71. The van der Waals surface area contributed by atoms with Gasteiger partial charge in [0, 0.05) is 58.5 Å². The second-order valence-electron chi connectivity index (χ2n) is 6.67. The van der Waals surface area contributed by atoms with Gasteiger partial charge in [0.25, 0.3) is 0 Å². The van der Waals surface area contributed by atoms with Crippen molar-refractivity contribution in [2.24, 2.45) is 7.05 Å². The molecule has 1 aliphatic heterocycles. The zero-order valence-electron chi connectivity index (χ0n) is 14.7. The Bertz CT molecular complexity index is 713. The smallest absolute Gasteiger partial charge is 0.220 e. The molecule has 134 valence electrons. The molecule has 0 bridgehead atoms. The first-order valence-corrected chi connectivity index (χ1v) is 8.82. The molecule has 2 heterocycles. The van der Waals surface area contributed by atoms with Crippen molar-refractivity contribution in [3.63, 3.8) is 0 Å². The number of amides is 1. The van der Waals surface area contributed by atoms with Crippen LogP contribution in [0.5, 0.6) is 0 Å². The Hall–Kier alpha value is -2.18. The molecule has 0 spiro atoms. The molecule has 2 N–H and O–H groups in total. The van der Waals surface area contributed by atoms with Crippen LogP contribution in [0.2, 0.25) is 0 Å². The van der Waals surface area contributed by atoms with Crippen LogP contribution in [0.1, 0.15) is 23.4 Å². The number of nitrogens with zero attached hydrogens (tertiary/aromatic N) is 3. The summed E-state index contributed by atoms with van der Waals surface area (Å²) in [7, 11) is 1.92. The van der Waals surface area contributed by atoms with E-state index in [0.717, 1.165) is 25.3 Å². The van der Waals surface area contributed by atoms with E-state index in [1.165, 1.54) is 11.1 Å². The molecule has 3 rings (SSSR count).